The summed E-state index contributed by atoms with van der Waals surface area (Å²) in [7, 11) is 0. The van der Waals surface area contributed by atoms with Crippen molar-refractivity contribution in [3.05, 3.63) is 35.9 Å². The minimum Gasteiger partial charge on any atom is -0.371 e. The van der Waals surface area contributed by atoms with Gasteiger partial charge in [0.1, 0.15) is 0 Å². The molecule has 0 spiro atoms. The van der Waals surface area contributed by atoms with Gasteiger partial charge in [-0.3, -0.25) is 14.8 Å². The van der Waals surface area contributed by atoms with E-state index in [2.05, 4.69) is 24.1 Å². The van der Waals surface area contributed by atoms with Crippen LogP contribution in [-0.2, 0) is 9.59 Å². The van der Waals surface area contributed by atoms with Crippen molar-refractivity contribution in [1.29, 1.82) is 0 Å². The predicted molar refractivity (Wildman–Crippen MR) is 103 cm³/mol. The highest BCUT2D eigenvalue weighted by molar-refractivity contribution is 5.91. The number of hydroxylamine groups is 1. The normalized spacial score (nSPS) is 15.5. The van der Waals surface area contributed by atoms with E-state index in [1.165, 1.54) is 6.08 Å². The van der Waals surface area contributed by atoms with Gasteiger partial charge in [-0.05, 0) is 42.9 Å². The molecule has 26 heavy (non-hydrogen) atoms. The molecular weight excluding hydrogens is 330 g/mol. The van der Waals surface area contributed by atoms with Crippen LogP contribution in [0.4, 0.5) is 5.69 Å². The van der Waals surface area contributed by atoms with Crippen LogP contribution in [-0.4, -0.2) is 36.2 Å². The zero-order valence-corrected chi connectivity index (χ0v) is 15.6. The Morgan fingerprint density at radius 3 is 2.62 bits per heavy atom. The summed E-state index contributed by atoms with van der Waals surface area (Å²) < 4.78 is 0. The van der Waals surface area contributed by atoms with Crippen LogP contribution >= 0.6 is 0 Å². The monoisotopic (exact) mass is 359 g/mol. The second-order valence-corrected chi connectivity index (χ2v) is 7.13. The fourth-order valence-electron chi connectivity index (χ4n) is 3.10. The van der Waals surface area contributed by atoms with Crippen LogP contribution in [0.25, 0.3) is 6.08 Å². The van der Waals surface area contributed by atoms with Gasteiger partial charge in [0, 0.05) is 37.3 Å². The first kappa shape index (κ1) is 20.0. The number of para-hydroxylation sites is 1. The molecule has 2 rings (SSSR count). The third kappa shape index (κ3) is 6.19. The number of anilines is 1. The number of nitrogens with zero attached hydrogens (tertiary/aromatic N) is 1. The zero-order valence-electron chi connectivity index (χ0n) is 15.6. The molecule has 1 aromatic carbocycles. The largest absolute Gasteiger partial charge is 0.371 e. The highest BCUT2D eigenvalue weighted by atomic mass is 16.5. The fraction of sp³-hybridized carbons (Fsp3) is 0.500. The molecule has 6 heteroatoms. The molecular formula is C20H29N3O3. The SMILES string of the molecule is CC(C)CCC(=O)NC1CCN(c2ccccc2/C=C/C(=O)NO)CC1. The zero-order chi connectivity index (χ0) is 18.9. The van der Waals surface area contributed by atoms with E-state index in [9.17, 15) is 9.59 Å². The van der Waals surface area contributed by atoms with E-state index in [4.69, 9.17) is 5.21 Å². The summed E-state index contributed by atoms with van der Waals surface area (Å²) in [5, 5.41) is 11.8. The Kier molecular flexibility index (Phi) is 7.66. The van der Waals surface area contributed by atoms with Gasteiger partial charge in [0.15, 0.2) is 0 Å². The summed E-state index contributed by atoms with van der Waals surface area (Å²) in [6.45, 7) is 5.96. The molecule has 0 aliphatic carbocycles. The van der Waals surface area contributed by atoms with Crippen molar-refractivity contribution < 1.29 is 14.8 Å². The van der Waals surface area contributed by atoms with E-state index in [0.29, 0.717) is 12.3 Å². The van der Waals surface area contributed by atoms with Crippen molar-refractivity contribution in [2.75, 3.05) is 18.0 Å². The molecule has 1 fully saturated rings. The highest BCUT2D eigenvalue weighted by Gasteiger charge is 2.21. The van der Waals surface area contributed by atoms with Crippen LogP contribution in [0.3, 0.4) is 0 Å². The smallest absolute Gasteiger partial charge is 0.267 e. The maximum Gasteiger partial charge on any atom is 0.267 e. The van der Waals surface area contributed by atoms with Crippen LogP contribution in [0.5, 0.6) is 0 Å². The van der Waals surface area contributed by atoms with Crippen LogP contribution in [0, 0.1) is 5.92 Å². The van der Waals surface area contributed by atoms with Crippen LogP contribution in [0.15, 0.2) is 30.3 Å². The molecule has 1 heterocycles. The summed E-state index contributed by atoms with van der Waals surface area (Å²) in [4.78, 5) is 25.5. The van der Waals surface area contributed by atoms with Gasteiger partial charge < -0.3 is 10.2 Å². The Morgan fingerprint density at radius 1 is 1.27 bits per heavy atom. The number of carbonyl (C=O) groups is 2. The average molecular weight is 359 g/mol. The number of hydrogen-bond acceptors (Lipinski definition) is 4. The van der Waals surface area contributed by atoms with Gasteiger partial charge in [-0.2, -0.15) is 0 Å². The lowest BCUT2D eigenvalue weighted by molar-refractivity contribution is -0.124. The summed E-state index contributed by atoms with van der Waals surface area (Å²) in [5.74, 6) is 0.137. The van der Waals surface area contributed by atoms with Crippen LogP contribution in [0.1, 0.15) is 45.1 Å². The van der Waals surface area contributed by atoms with Gasteiger partial charge in [0.25, 0.3) is 5.91 Å². The molecule has 0 unspecified atom stereocenters. The number of amides is 2. The maximum atomic E-state index is 12.0. The van der Waals surface area contributed by atoms with E-state index >= 15 is 0 Å². The van der Waals surface area contributed by atoms with Gasteiger partial charge in [0.05, 0.1) is 0 Å². The Morgan fingerprint density at radius 2 is 1.96 bits per heavy atom. The molecule has 3 N–H and O–H groups in total. The van der Waals surface area contributed by atoms with Gasteiger partial charge >= 0.3 is 0 Å². The Labute approximate surface area is 155 Å². The van der Waals surface area contributed by atoms with Gasteiger partial charge in [-0.1, -0.05) is 32.0 Å². The van der Waals surface area contributed by atoms with E-state index in [0.717, 1.165) is 43.6 Å². The first-order valence-electron chi connectivity index (χ1n) is 9.25. The van der Waals surface area contributed by atoms with Crippen molar-refractivity contribution in [2.24, 2.45) is 5.92 Å². The standard InChI is InChI=1S/C20H29N3O3/c1-15(2)7-9-19(24)21-17-11-13-23(14-12-17)18-6-4-3-5-16(18)8-10-20(25)22-26/h3-6,8,10,15,17,26H,7,9,11-14H2,1-2H3,(H,21,24)(H,22,25)/b10-8+. The number of rotatable bonds is 7. The molecule has 0 aromatic heterocycles. The van der Waals surface area contributed by atoms with Crippen molar-refractivity contribution in [3.63, 3.8) is 0 Å². The van der Waals surface area contributed by atoms with E-state index in [1.807, 2.05) is 24.3 Å². The predicted octanol–water partition coefficient (Wildman–Crippen LogP) is 2.73. The van der Waals surface area contributed by atoms with Crippen molar-refractivity contribution in [3.8, 4) is 0 Å². The van der Waals surface area contributed by atoms with E-state index in [1.54, 1.807) is 11.6 Å². The summed E-state index contributed by atoms with van der Waals surface area (Å²) in [6, 6.07) is 8.09. The molecule has 0 saturated carbocycles. The van der Waals surface area contributed by atoms with E-state index in [-0.39, 0.29) is 11.9 Å². The second-order valence-electron chi connectivity index (χ2n) is 7.13. The van der Waals surface area contributed by atoms with Crippen molar-refractivity contribution in [2.45, 2.75) is 45.6 Å². The molecule has 2 amide bonds. The highest BCUT2D eigenvalue weighted by Crippen LogP contribution is 2.25. The third-order valence-electron chi connectivity index (χ3n) is 4.61. The third-order valence-corrected chi connectivity index (χ3v) is 4.61. The van der Waals surface area contributed by atoms with Gasteiger partial charge in [0.2, 0.25) is 5.91 Å². The number of piperidine rings is 1. The van der Waals surface area contributed by atoms with Gasteiger partial charge in [-0.25, -0.2) is 5.48 Å². The molecule has 0 atom stereocenters. The Balaban J connectivity index is 1.91. The number of benzene rings is 1. The molecule has 1 aliphatic heterocycles. The first-order valence-corrected chi connectivity index (χ1v) is 9.25. The topological polar surface area (TPSA) is 81.7 Å². The molecule has 0 bridgehead atoms. The minimum atomic E-state index is -0.553. The lowest BCUT2D eigenvalue weighted by Gasteiger charge is -2.34. The maximum absolute atomic E-state index is 12.0. The molecule has 1 aliphatic rings. The number of hydrogen-bond donors (Lipinski definition) is 3. The lowest BCUT2D eigenvalue weighted by Crippen LogP contribution is -2.44. The molecule has 142 valence electrons. The lowest BCUT2D eigenvalue weighted by atomic mass is 10.0. The Hall–Kier alpha value is -2.34. The van der Waals surface area contributed by atoms with Crippen LogP contribution in [0.2, 0.25) is 0 Å². The second kappa shape index (κ2) is 9.97. The van der Waals surface area contributed by atoms with Crippen LogP contribution < -0.4 is 15.7 Å². The number of nitrogens with one attached hydrogen (secondary N) is 2. The van der Waals surface area contributed by atoms with Gasteiger partial charge in [-0.15, -0.1) is 0 Å². The fourth-order valence-corrected chi connectivity index (χ4v) is 3.10. The molecule has 1 saturated heterocycles. The minimum absolute atomic E-state index is 0.149. The van der Waals surface area contributed by atoms with Crippen molar-refractivity contribution in [1.82, 2.24) is 10.8 Å². The quantitative estimate of drug-likeness (QED) is 0.397. The number of carbonyl (C=O) groups excluding carboxylic acids is 2. The summed E-state index contributed by atoms with van der Waals surface area (Å²) in [6.07, 6.45) is 6.33. The summed E-state index contributed by atoms with van der Waals surface area (Å²) in [5.41, 5.74) is 3.58. The Bertz CT molecular complexity index is 635. The molecule has 6 nitrogen and oxygen atoms in total. The molecule has 0 radical (unpaired) electrons. The summed E-state index contributed by atoms with van der Waals surface area (Å²) >= 11 is 0. The van der Waals surface area contributed by atoms with E-state index < -0.39 is 5.91 Å². The van der Waals surface area contributed by atoms with Crippen molar-refractivity contribution >= 4 is 23.6 Å². The molecule has 1 aromatic rings. The average Bonchev–Trinajstić information content (AvgIpc) is 2.65. The first-order chi connectivity index (χ1) is 12.5.